The molecule has 0 heterocycles. The molecule has 338 valence electrons. The smallest absolute Gasteiger partial charge is 0.0775 e. The van der Waals surface area contributed by atoms with E-state index in [2.05, 4.69) is 148 Å². The van der Waals surface area contributed by atoms with Crippen LogP contribution >= 0.6 is 0 Å². The van der Waals surface area contributed by atoms with Gasteiger partial charge in [-0.05, 0) is 35.8 Å². The van der Waals surface area contributed by atoms with Crippen LogP contribution in [0.4, 0.5) is 13.2 Å². The first-order valence-corrected chi connectivity index (χ1v) is 36.0. The van der Waals surface area contributed by atoms with Crippen LogP contribution in [0.1, 0.15) is 81.8 Å². The Morgan fingerprint density at radius 3 is 1.24 bits per heavy atom. The molecule has 63 heavy (non-hydrogen) atoms. The van der Waals surface area contributed by atoms with Crippen molar-refractivity contribution in [3.8, 4) is 22.3 Å². The third-order valence-corrected chi connectivity index (χ3v) is 20.0. The summed E-state index contributed by atoms with van der Waals surface area (Å²) in [5, 5.41) is 8.74. The quantitative estimate of drug-likeness (QED) is 0.0948. The minimum atomic E-state index is -3.93. The minimum Gasteiger partial charge on any atom is -1.00 e. The van der Waals surface area contributed by atoms with E-state index in [1.54, 1.807) is 0 Å². The first-order valence-electron chi connectivity index (χ1n) is 23.1. The van der Waals surface area contributed by atoms with Gasteiger partial charge < -0.3 is 24.8 Å². The number of rotatable bonds is 10. The maximum absolute atomic E-state index is 11.4. The summed E-state index contributed by atoms with van der Waals surface area (Å²) in [6.45, 7) is 16.4. The fraction of sp³-hybridized carbons (Fsp3) is 0.444. The van der Waals surface area contributed by atoms with Crippen molar-refractivity contribution < 1.29 is 61.3 Å². The second-order valence-corrected chi connectivity index (χ2v) is 38.8. The summed E-state index contributed by atoms with van der Waals surface area (Å²) >= 11 is 1.29. The molecule has 0 aromatic heterocycles. The predicted molar refractivity (Wildman–Crippen MR) is 264 cm³/mol. The minimum absolute atomic E-state index is 0. The molecule has 2 aliphatic rings. The van der Waals surface area contributed by atoms with Crippen molar-refractivity contribution >= 4 is 53.5 Å². The summed E-state index contributed by atoms with van der Waals surface area (Å²) in [7, 11) is -2.46. The SMILES string of the molecule is C[Si](=[Zr+2])CCC(F)(F)F.C[Si](C)(C)c1ccc(-c2cccc3[cH-]c(CC4CCCCC4)cc23)cc1.C[Si](C)(C)c1ccc(-c2cccc3[cH-]c(CC4CCCCC4)cc23)cc1.[Cl-].[Cl-]. The van der Waals surface area contributed by atoms with Gasteiger partial charge in [0, 0.05) is 0 Å². The fourth-order valence-corrected chi connectivity index (χ4v) is 13.3. The van der Waals surface area contributed by atoms with E-state index >= 15 is 0 Å². The molecule has 9 heteroatoms. The summed E-state index contributed by atoms with van der Waals surface area (Å²) in [6, 6.07) is 42.5. The van der Waals surface area contributed by atoms with E-state index in [0.29, 0.717) is 6.04 Å². The molecule has 0 aliphatic heterocycles. The van der Waals surface area contributed by atoms with Gasteiger partial charge in [0.15, 0.2) is 0 Å². The zero-order chi connectivity index (χ0) is 43.8. The maximum atomic E-state index is 11.4. The number of fused-ring (bicyclic) bond motifs is 2. The molecule has 2 saturated carbocycles. The molecule has 6 aromatic carbocycles. The molecule has 8 rings (SSSR count). The van der Waals surface area contributed by atoms with Crippen LogP contribution in [-0.2, 0) is 36.2 Å². The number of benzene rings is 4. The van der Waals surface area contributed by atoms with Gasteiger partial charge in [0.1, 0.15) is 0 Å². The van der Waals surface area contributed by atoms with Crippen molar-refractivity contribution in [3.63, 3.8) is 0 Å². The average Bonchev–Trinajstić information content (AvgIpc) is 3.84. The van der Waals surface area contributed by atoms with Crippen LogP contribution in [0.2, 0.25) is 51.9 Å². The molecule has 0 saturated heterocycles. The van der Waals surface area contributed by atoms with Gasteiger partial charge in [0.05, 0.1) is 16.1 Å². The molecule has 2 fully saturated rings. The van der Waals surface area contributed by atoms with Crippen LogP contribution in [0, 0.1) is 11.8 Å². The third-order valence-electron chi connectivity index (χ3n) is 13.0. The van der Waals surface area contributed by atoms with Crippen LogP contribution in [0.5, 0.6) is 0 Å². The molecule has 6 aromatic rings. The van der Waals surface area contributed by atoms with Crippen LogP contribution in [0.3, 0.4) is 0 Å². The number of halogens is 5. The summed E-state index contributed by atoms with van der Waals surface area (Å²) in [5.74, 6) is 1.81. The summed E-state index contributed by atoms with van der Waals surface area (Å²) in [5.41, 5.74) is 7.97. The van der Waals surface area contributed by atoms with Crippen LogP contribution in [0.15, 0.2) is 109 Å². The molecule has 0 unspecified atom stereocenters. The van der Waals surface area contributed by atoms with Crippen molar-refractivity contribution in [2.75, 3.05) is 0 Å². The Balaban J connectivity index is 0.000000226. The molecule has 0 atom stereocenters. The Morgan fingerprint density at radius 2 is 0.937 bits per heavy atom. The van der Waals surface area contributed by atoms with Gasteiger partial charge in [-0.15, -0.1) is 69.1 Å². The fourth-order valence-electron chi connectivity index (χ4n) is 9.41. The summed E-state index contributed by atoms with van der Waals surface area (Å²) in [6.07, 6.45) is 12.3. The van der Waals surface area contributed by atoms with E-state index < -0.39 is 34.2 Å². The average molecular weight is 1020 g/mol. The Bertz CT molecular complexity index is 2170. The predicted octanol–water partition coefficient (Wildman–Crippen LogP) is 9.90. The molecule has 0 N–H and O–H groups in total. The second-order valence-electron chi connectivity index (χ2n) is 20.3. The van der Waals surface area contributed by atoms with Gasteiger partial charge >= 0.3 is 67.1 Å². The number of alkyl halides is 3. The van der Waals surface area contributed by atoms with E-state index in [1.807, 2.05) is 6.55 Å². The first-order chi connectivity index (χ1) is 28.9. The van der Waals surface area contributed by atoms with Crippen molar-refractivity contribution in [1.82, 2.24) is 0 Å². The maximum Gasteiger partial charge on any atom is 0.0775 e. The Morgan fingerprint density at radius 1 is 0.571 bits per heavy atom. The molecule has 0 amide bonds. The van der Waals surface area contributed by atoms with E-state index in [0.717, 1.165) is 11.8 Å². The number of hydrogen-bond acceptors (Lipinski definition) is 0. The van der Waals surface area contributed by atoms with Gasteiger partial charge in [-0.2, -0.15) is 12.1 Å². The standard InChI is InChI=1S/2C25H31Si.C4H7F3Si.2ClH.Zr/c2*1-26(2,3)23-14-12-21(13-15-23)24-11-7-10-22-17-20(18-25(22)24)16-19-8-5-4-6-9-19;1-8-3-2-4(5,6)7;;;/h2*7,10-15,17-19H,4-6,8-9,16H2,1-3H3;2-3H2,1H3;2*1H;/q2*-1;;;;+2/p-2. The van der Waals surface area contributed by atoms with Gasteiger partial charge in [0.2, 0.25) is 0 Å². The molecule has 0 spiro atoms. The Kier molecular flexibility index (Phi) is 20.6. The van der Waals surface area contributed by atoms with Gasteiger partial charge in [-0.3, -0.25) is 0 Å². The molecular weight excluding hydrogens is 952 g/mol. The molecule has 0 nitrogen and oxygen atoms in total. The Hall–Kier alpha value is -2.00. The van der Waals surface area contributed by atoms with Crippen molar-refractivity contribution in [1.29, 1.82) is 0 Å². The monoisotopic (exact) mass is 1020 g/mol. The van der Waals surface area contributed by atoms with E-state index in [1.165, 1.54) is 166 Å². The molecule has 0 radical (unpaired) electrons. The zero-order valence-electron chi connectivity index (χ0n) is 38.8. The van der Waals surface area contributed by atoms with Gasteiger partial charge in [-0.1, -0.05) is 186 Å². The second kappa shape index (κ2) is 24.2. The summed E-state index contributed by atoms with van der Waals surface area (Å²) in [4.78, 5) is 0. The van der Waals surface area contributed by atoms with Crippen LogP contribution in [0.25, 0.3) is 43.8 Å². The summed E-state index contributed by atoms with van der Waals surface area (Å²) < 4.78 is 34.3. The van der Waals surface area contributed by atoms with E-state index in [-0.39, 0.29) is 24.8 Å². The number of hydrogen-bond donors (Lipinski definition) is 0. The molecule has 0 bridgehead atoms. The van der Waals surface area contributed by atoms with Crippen molar-refractivity contribution in [2.24, 2.45) is 11.8 Å². The molecular formula is C54H69Cl2F3Si3Zr-2. The van der Waals surface area contributed by atoms with Crippen molar-refractivity contribution in [3.05, 3.63) is 120 Å². The van der Waals surface area contributed by atoms with Crippen LogP contribution < -0.4 is 35.2 Å². The van der Waals surface area contributed by atoms with Gasteiger partial charge in [-0.25, -0.2) is 0 Å². The zero-order valence-corrected chi connectivity index (χ0v) is 45.8. The molecule has 2 aliphatic carbocycles. The van der Waals surface area contributed by atoms with Crippen molar-refractivity contribution in [2.45, 2.75) is 142 Å². The topological polar surface area (TPSA) is 0 Å². The van der Waals surface area contributed by atoms with E-state index in [4.69, 9.17) is 0 Å². The first kappa shape index (κ1) is 53.6. The van der Waals surface area contributed by atoms with E-state index in [9.17, 15) is 13.2 Å². The normalized spacial score (nSPS) is 15.1. The Labute approximate surface area is 407 Å². The van der Waals surface area contributed by atoms with Crippen LogP contribution in [-0.4, -0.2) is 27.8 Å². The largest absolute Gasteiger partial charge is 1.00 e. The third kappa shape index (κ3) is 16.1. The van der Waals surface area contributed by atoms with Gasteiger partial charge in [0.25, 0.3) is 0 Å².